The van der Waals surface area contributed by atoms with Crippen LogP contribution in [-0.4, -0.2) is 37.6 Å². The Morgan fingerprint density at radius 1 is 1.47 bits per heavy atom. The highest BCUT2D eigenvalue weighted by atomic mass is 19.1. The third kappa shape index (κ3) is 2.44. The van der Waals surface area contributed by atoms with E-state index >= 15 is 0 Å². The number of ether oxygens (including phenoxy) is 1. The summed E-state index contributed by atoms with van der Waals surface area (Å²) in [6.45, 7) is 1.90. The number of nitrogens with zero attached hydrogens (tertiary/aromatic N) is 1. The second-order valence-electron chi connectivity index (χ2n) is 5.39. The number of hydrogen-bond donors (Lipinski definition) is 1. The number of allylic oxidation sites excluding steroid dienone is 2. The topological polar surface area (TPSA) is 42.8 Å². The predicted octanol–water partition coefficient (Wildman–Crippen LogP) is 1.94. The van der Waals surface area contributed by atoms with Crippen LogP contribution in [0.4, 0.5) is 4.39 Å². The minimum atomic E-state index is -0.227. The van der Waals surface area contributed by atoms with Crippen LogP contribution in [0.25, 0.3) is 0 Å². The van der Waals surface area contributed by atoms with Gasteiger partial charge in [0.25, 0.3) is 0 Å². The first-order valence-corrected chi connectivity index (χ1v) is 6.76. The molecule has 3 rings (SSSR count). The molecule has 2 unspecified atom stereocenters. The van der Waals surface area contributed by atoms with Crippen LogP contribution in [0, 0.1) is 5.92 Å². The molecule has 2 atom stereocenters. The SMILES string of the molecule is CON=C1CC2(CCNCC2)OC2C=CC(F)=CC12. The molecule has 4 nitrogen and oxygen atoms in total. The predicted molar refractivity (Wildman–Crippen MR) is 70.6 cm³/mol. The largest absolute Gasteiger partial charge is 0.399 e. The van der Waals surface area contributed by atoms with Gasteiger partial charge in [-0.25, -0.2) is 4.39 Å². The highest BCUT2D eigenvalue weighted by molar-refractivity contribution is 5.90. The van der Waals surface area contributed by atoms with Crippen LogP contribution in [0.15, 0.2) is 29.2 Å². The average Bonchev–Trinajstić information content (AvgIpc) is 2.41. The summed E-state index contributed by atoms with van der Waals surface area (Å²) < 4.78 is 19.7. The zero-order chi connectivity index (χ0) is 13.3. The van der Waals surface area contributed by atoms with Crippen molar-refractivity contribution in [3.05, 3.63) is 24.1 Å². The molecule has 0 aromatic carbocycles. The summed E-state index contributed by atoms with van der Waals surface area (Å²) in [7, 11) is 1.53. The molecule has 2 saturated heterocycles. The van der Waals surface area contributed by atoms with Crippen molar-refractivity contribution in [3.8, 4) is 0 Å². The van der Waals surface area contributed by atoms with Crippen molar-refractivity contribution in [1.82, 2.24) is 5.32 Å². The Kier molecular flexibility index (Phi) is 3.41. The van der Waals surface area contributed by atoms with E-state index in [9.17, 15) is 4.39 Å². The van der Waals surface area contributed by atoms with E-state index in [2.05, 4.69) is 10.5 Å². The van der Waals surface area contributed by atoms with Crippen LogP contribution >= 0.6 is 0 Å². The molecule has 1 N–H and O–H groups in total. The molecule has 1 spiro atoms. The molecule has 0 aromatic heterocycles. The first-order valence-electron chi connectivity index (χ1n) is 6.76. The molecule has 0 amide bonds. The molecule has 0 aromatic rings. The molecular formula is C14H19FN2O2. The molecule has 19 heavy (non-hydrogen) atoms. The quantitative estimate of drug-likeness (QED) is 0.738. The van der Waals surface area contributed by atoms with Crippen molar-refractivity contribution in [1.29, 1.82) is 0 Å². The van der Waals surface area contributed by atoms with Gasteiger partial charge < -0.3 is 14.9 Å². The molecule has 5 heteroatoms. The first-order chi connectivity index (χ1) is 9.22. The monoisotopic (exact) mass is 266 g/mol. The Labute approximate surface area is 112 Å². The molecule has 1 aliphatic carbocycles. The summed E-state index contributed by atoms with van der Waals surface area (Å²) in [4.78, 5) is 4.94. The van der Waals surface area contributed by atoms with Crippen molar-refractivity contribution in [3.63, 3.8) is 0 Å². The summed E-state index contributed by atoms with van der Waals surface area (Å²) in [5, 5.41) is 7.46. The number of halogens is 1. The van der Waals surface area contributed by atoms with Crippen molar-refractivity contribution in [2.24, 2.45) is 11.1 Å². The molecule has 2 fully saturated rings. The lowest BCUT2D eigenvalue weighted by molar-refractivity contribution is -0.109. The average molecular weight is 266 g/mol. The van der Waals surface area contributed by atoms with Crippen molar-refractivity contribution >= 4 is 5.71 Å². The Morgan fingerprint density at radius 3 is 3.00 bits per heavy atom. The summed E-state index contributed by atoms with van der Waals surface area (Å²) in [6.07, 6.45) is 7.37. The van der Waals surface area contributed by atoms with E-state index in [1.54, 1.807) is 12.2 Å². The lowest BCUT2D eigenvalue weighted by Gasteiger charge is -2.46. The van der Waals surface area contributed by atoms with Crippen LogP contribution in [0.2, 0.25) is 0 Å². The molecule has 2 aliphatic heterocycles. The van der Waals surface area contributed by atoms with E-state index < -0.39 is 0 Å². The smallest absolute Gasteiger partial charge is 0.119 e. The van der Waals surface area contributed by atoms with Gasteiger partial charge in [0.2, 0.25) is 0 Å². The molecule has 0 bridgehead atoms. The highest BCUT2D eigenvalue weighted by Gasteiger charge is 2.45. The molecule has 0 saturated carbocycles. The number of piperidine rings is 1. The maximum absolute atomic E-state index is 13.4. The van der Waals surface area contributed by atoms with Gasteiger partial charge in [-0.15, -0.1) is 0 Å². The van der Waals surface area contributed by atoms with Gasteiger partial charge in [0.05, 0.1) is 23.3 Å². The fourth-order valence-corrected chi connectivity index (χ4v) is 3.19. The van der Waals surface area contributed by atoms with Crippen molar-refractivity contribution in [2.75, 3.05) is 20.2 Å². The Bertz CT molecular complexity index is 439. The van der Waals surface area contributed by atoms with Gasteiger partial charge in [-0.05, 0) is 38.1 Å². The van der Waals surface area contributed by atoms with E-state index in [1.807, 2.05) is 0 Å². The minimum absolute atomic E-state index is 0.125. The van der Waals surface area contributed by atoms with Crippen molar-refractivity contribution in [2.45, 2.75) is 31.0 Å². The number of fused-ring (bicyclic) bond motifs is 1. The molecule has 104 valence electrons. The second kappa shape index (κ2) is 5.06. The fourth-order valence-electron chi connectivity index (χ4n) is 3.19. The van der Waals surface area contributed by atoms with E-state index in [1.165, 1.54) is 13.2 Å². The zero-order valence-electron chi connectivity index (χ0n) is 11.1. The molecular weight excluding hydrogens is 247 g/mol. The number of hydrogen-bond acceptors (Lipinski definition) is 4. The standard InChI is InChI=1S/C14H19FN2O2/c1-18-17-12-9-14(4-6-16-7-5-14)19-13-3-2-10(15)8-11(12)13/h2-3,8,11,13,16H,4-7,9H2,1H3. The number of nitrogens with one attached hydrogen (secondary N) is 1. The Morgan fingerprint density at radius 2 is 2.26 bits per heavy atom. The van der Waals surface area contributed by atoms with Gasteiger partial charge in [-0.3, -0.25) is 0 Å². The number of oxime groups is 1. The molecule has 2 heterocycles. The lowest BCUT2D eigenvalue weighted by Crippen LogP contribution is -2.53. The summed E-state index contributed by atoms with van der Waals surface area (Å²) >= 11 is 0. The van der Waals surface area contributed by atoms with Gasteiger partial charge in [0.1, 0.15) is 12.9 Å². The van der Waals surface area contributed by atoms with Crippen LogP contribution in [-0.2, 0) is 9.57 Å². The fraction of sp³-hybridized carbons (Fsp3) is 0.643. The second-order valence-corrected chi connectivity index (χ2v) is 5.39. The normalized spacial score (nSPS) is 35.1. The van der Waals surface area contributed by atoms with Crippen LogP contribution in [0.3, 0.4) is 0 Å². The minimum Gasteiger partial charge on any atom is -0.399 e. The van der Waals surface area contributed by atoms with Crippen LogP contribution in [0.5, 0.6) is 0 Å². The summed E-state index contributed by atoms with van der Waals surface area (Å²) in [6, 6.07) is 0. The van der Waals surface area contributed by atoms with Gasteiger partial charge in [0.15, 0.2) is 0 Å². The van der Waals surface area contributed by atoms with Gasteiger partial charge in [-0.2, -0.15) is 0 Å². The maximum Gasteiger partial charge on any atom is 0.119 e. The lowest BCUT2D eigenvalue weighted by atomic mass is 9.77. The van der Waals surface area contributed by atoms with Crippen molar-refractivity contribution < 1.29 is 14.0 Å². The highest BCUT2D eigenvalue weighted by Crippen LogP contribution is 2.39. The van der Waals surface area contributed by atoms with Crippen LogP contribution < -0.4 is 5.32 Å². The Hall–Kier alpha value is -1.20. The third-order valence-electron chi connectivity index (χ3n) is 4.14. The molecule has 0 radical (unpaired) electrons. The third-order valence-corrected chi connectivity index (χ3v) is 4.14. The van der Waals surface area contributed by atoms with E-state index in [0.29, 0.717) is 0 Å². The van der Waals surface area contributed by atoms with E-state index in [4.69, 9.17) is 9.57 Å². The zero-order valence-corrected chi connectivity index (χ0v) is 11.1. The summed E-state index contributed by atoms with van der Waals surface area (Å²) in [5.74, 6) is -0.361. The summed E-state index contributed by atoms with van der Waals surface area (Å²) in [5.41, 5.74) is 0.718. The van der Waals surface area contributed by atoms with Gasteiger partial charge in [-0.1, -0.05) is 11.2 Å². The van der Waals surface area contributed by atoms with E-state index in [-0.39, 0.29) is 23.4 Å². The number of rotatable bonds is 1. The van der Waals surface area contributed by atoms with Gasteiger partial charge >= 0.3 is 0 Å². The van der Waals surface area contributed by atoms with Crippen LogP contribution in [0.1, 0.15) is 19.3 Å². The Balaban J connectivity index is 1.89. The first kappa shape index (κ1) is 12.8. The van der Waals surface area contributed by atoms with Gasteiger partial charge in [0, 0.05) is 6.42 Å². The van der Waals surface area contributed by atoms with E-state index in [0.717, 1.165) is 38.1 Å². The molecule has 3 aliphatic rings. The maximum atomic E-state index is 13.4.